The van der Waals surface area contributed by atoms with Crippen molar-refractivity contribution in [2.24, 2.45) is 5.92 Å². The molecule has 2 aliphatic heterocycles. The maximum atomic E-state index is 9.23. The van der Waals surface area contributed by atoms with Gasteiger partial charge in [-0.15, -0.1) is 0 Å². The van der Waals surface area contributed by atoms with Crippen molar-refractivity contribution in [1.82, 2.24) is 4.90 Å². The summed E-state index contributed by atoms with van der Waals surface area (Å²) < 4.78 is 5.08. The van der Waals surface area contributed by atoms with Crippen molar-refractivity contribution in [1.29, 1.82) is 0 Å². The third kappa shape index (κ3) is 1.72. The molecule has 0 amide bonds. The number of hydrogen-bond acceptors (Lipinski definition) is 3. The molecule has 0 bridgehead atoms. The fourth-order valence-corrected chi connectivity index (χ4v) is 1.73. The van der Waals surface area contributed by atoms with Crippen LogP contribution in [0.5, 0.6) is 0 Å². The zero-order valence-electron chi connectivity index (χ0n) is 6.70. The van der Waals surface area contributed by atoms with Gasteiger partial charge in [0, 0.05) is 25.6 Å². The van der Waals surface area contributed by atoms with Gasteiger partial charge < -0.3 is 14.7 Å². The molecular weight excluding hydrogens is 142 g/mol. The lowest BCUT2D eigenvalue weighted by atomic mass is 10.1. The van der Waals surface area contributed by atoms with Crippen LogP contribution in [0.15, 0.2) is 0 Å². The maximum Gasteiger partial charge on any atom is 0.0679 e. The lowest BCUT2D eigenvalue weighted by Crippen LogP contribution is -2.38. The molecule has 0 radical (unpaired) electrons. The summed E-state index contributed by atoms with van der Waals surface area (Å²) in [6.07, 6.45) is 0.879. The summed E-state index contributed by atoms with van der Waals surface area (Å²) in [4.78, 5) is 2.33. The average Bonchev–Trinajstić information content (AvgIpc) is 2.27. The Hall–Kier alpha value is -0.120. The van der Waals surface area contributed by atoms with Gasteiger partial charge in [0.25, 0.3) is 0 Å². The van der Waals surface area contributed by atoms with Crippen molar-refractivity contribution < 1.29 is 9.84 Å². The van der Waals surface area contributed by atoms with E-state index in [9.17, 15) is 5.11 Å². The van der Waals surface area contributed by atoms with E-state index in [0.717, 1.165) is 45.2 Å². The molecule has 0 aromatic rings. The van der Waals surface area contributed by atoms with Crippen LogP contribution in [0.25, 0.3) is 0 Å². The van der Waals surface area contributed by atoms with Crippen LogP contribution in [0.3, 0.4) is 0 Å². The molecule has 0 aromatic carbocycles. The monoisotopic (exact) mass is 157 g/mol. The van der Waals surface area contributed by atoms with Crippen LogP contribution in [-0.4, -0.2) is 49.0 Å². The minimum Gasteiger partial charge on any atom is -0.392 e. The Labute approximate surface area is 66.9 Å². The first kappa shape index (κ1) is 7.53. The van der Waals surface area contributed by atoms with E-state index >= 15 is 0 Å². The van der Waals surface area contributed by atoms with Gasteiger partial charge in [-0.25, -0.2) is 0 Å². The van der Waals surface area contributed by atoms with Crippen LogP contribution in [0, 0.1) is 5.92 Å². The first-order valence-electron chi connectivity index (χ1n) is 4.33. The van der Waals surface area contributed by atoms with Gasteiger partial charge in [0.15, 0.2) is 0 Å². The fourth-order valence-electron chi connectivity index (χ4n) is 1.73. The van der Waals surface area contributed by atoms with Crippen molar-refractivity contribution >= 4 is 0 Å². The van der Waals surface area contributed by atoms with E-state index in [4.69, 9.17) is 4.74 Å². The van der Waals surface area contributed by atoms with E-state index in [-0.39, 0.29) is 6.10 Å². The molecule has 2 rings (SSSR count). The fraction of sp³-hybridized carbons (Fsp3) is 1.00. The first-order chi connectivity index (χ1) is 5.34. The molecule has 0 aliphatic carbocycles. The molecule has 2 fully saturated rings. The molecule has 0 spiro atoms. The molecule has 2 saturated heterocycles. The minimum absolute atomic E-state index is 0.0732. The lowest BCUT2D eigenvalue weighted by Gasteiger charge is -2.29. The summed E-state index contributed by atoms with van der Waals surface area (Å²) in [5.74, 6) is 0.736. The van der Waals surface area contributed by atoms with Gasteiger partial charge in [-0.1, -0.05) is 0 Å². The van der Waals surface area contributed by atoms with Crippen LogP contribution in [0.4, 0.5) is 0 Å². The summed E-state index contributed by atoms with van der Waals surface area (Å²) in [5.41, 5.74) is 0. The Bertz CT molecular complexity index is 136. The van der Waals surface area contributed by atoms with Crippen LogP contribution < -0.4 is 0 Å². The first-order valence-corrected chi connectivity index (χ1v) is 4.33. The predicted molar refractivity (Wildman–Crippen MR) is 41.4 cm³/mol. The predicted octanol–water partition coefficient (Wildman–Crippen LogP) is -0.301. The van der Waals surface area contributed by atoms with Crippen LogP contribution in [0.2, 0.25) is 0 Å². The molecule has 1 N–H and O–H groups in total. The number of aliphatic hydroxyl groups is 1. The second-order valence-electron chi connectivity index (χ2n) is 3.61. The Balaban J connectivity index is 1.70. The standard InChI is InChI=1S/C8H15NO2/c10-8-1-2-9(4-8)3-7-5-11-6-7/h7-8,10H,1-6H2. The van der Waals surface area contributed by atoms with Crippen molar-refractivity contribution in [3.63, 3.8) is 0 Å². The molecule has 3 heteroatoms. The van der Waals surface area contributed by atoms with E-state index in [1.165, 1.54) is 0 Å². The molecule has 3 nitrogen and oxygen atoms in total. The Morgan fingerprint density at radius 1 is 1.45 bits per heavy atom. The van der Waals surface area contributed by atoms with Gasteiger partial charge in [0.1, 0.15) is 0 Å². The van der Waals surface area contributed by atoms with Gasteiger partial charge >= 0.3 is 0 Å². The van der Waals surface area contributed by atoms with Gasteiger partial charge in [0.2, 0.25) is 0 Å². The zero-order valence-corrected chi connectivity index (χ0v) is 6.70. The molecule has 2 heterocycles. The van der Waals surface area contributed by atoms with E-state index in [0.29, 0.717) is 0 Å². The number of ether oxygens (including phenoxy) is 1. The summed E-state index contributed by atoms with van der Waals surface area (Å²) in [5, 5.41) is 9.23. The third-order valence-corrected chi connectivity index (χ3v) is 2.47. The molecule has 2 aliphatic rings. The lowest BCUT2D eigenvalue weighted by molar-refractivity contribution is -0.0449. The second-order valence-corrected chi connectivity index (χ2v) is 3.61. The summed E-state index contributed by atoms with van der Waals surface area (Å²) in [6, 6.07) is 0. The minimum atomic E-state index is -0.0732. The normalized spacial score (nSPS) is 34.1. The highest BCUT2D eigenvalue weighted by Gasteiger charge is 2.26. The van der Waals surface area contributed by atoms with Crippen molar-refractivity contribution in [3.8, 4) is 0 Å². The number of β-amino-alcohol motifs (C(OH)–C–C–N with tert-alkyl or cyclic N) is 1. The van der Waals surface area contributed by atoms with E-state index in [1.54, 1.807) is 0 Å². The zero-order chi connectivity index (χ0) is 7.68. The Morgan fingerprint density at radius 2 is 2.27 bits per heavy atom. The van der Waals surface area contributed by atoms with Gasteiger partial charge in [-0.2, -0.15) is 0 Å². The van der Waals surface area contributed by atoms with Crippen molar-refractivity contribution in [2.45, 2.75) is 12.5 Å². The second kappa shape index (κ2) is 3.09. The van der Waals surface area contributed by atoms with Gasteiger partial charge in [-0.05, 0) is 6.42 Å². The van der Waals surface area contributed by atoms with Gasteiger partial charge in [-0.3, -0.25) is 0 Å². The smallest absolute Gasteiger partial charge is 0.0679 e. The molecule has 1 atom stereocenters. The number of aliphatic hydroxyl groups excluding tert-OH is 1. The van der Waals surface area contributed by atoms with Crippen LogP contribution >= 0.6 is 0 Å². The van der Waals surface area contributed by atoms with E-state index in [2.05, 4.69) is 4.90 Å². The quantitative estimate of drug-likeness (QED) is 0.597. The van der Waals surface area contributed by atoms with Crippen molar-refractivity contribution in [2.75, 3.05) is 32.8 Å². The molecule has 11 heavy (non-hydrogen) atoms. The SMILES string of the molecule is OC1CCN(CC2COC2)C1. The molecule has 0 aromatic heterocycles. The number of nitrogens with zero attached hydrogens (tertiary/aromatic N) is 1. The van der Waals surface area contributed by atoms with E-state index < -0.39 is 0 Å². The summed E-state index contributed by atoms with van der Waals surface area (Å²) in [7, 11) is 0. The van der Waals surface area contributed by atoms with Gasteiger partial charge in [0.05, 0.1) is 19.3 Å². The summed E-state index contributed by atoms with van der Waals surface area (Å²) in [6.45, 7) is 4.91. The van der Waals surface area contributed by atoms with Crippen molar-refractivity contribution in [3.05, 3.63) is 0 Å². The third-order valence-electron chi connectivity index (χ3n) is 2.47. The highest BCUT2D eigenvalue weighted by Crippen LogP contribution is 2.15. The largest absolute Gasteiger partial charge is 0.392 e. The summed E-state index contributed by atoms with van der Waals surface area (Å²) >= 11 is 0. The number of likely N-dealkylation sites (tertiary alicyclic amines) is 1. The topological polar surface area (TPSA) is 32.7 Å². The van der Waals surface area contributed by atoms with Crippen LogP contribution in [0.1, 0.15) is 6.42 Å². The maximum absolute atomic E-state index is 9.23. The van der Waals surface area contributed by atoms with Crippen LogP contribution in [-0.2, 0) is 4.74 Å². The average molecular weight is 157 g/mol. The highest BCUT2D eigenvalue weighted by atomic mass is 16.5. The van der Waals surface area contributed by atoms with E-state index in [1.807, 2.05) is 0 Å². The Morgan fingerprint density at radius 3 is 2.73 bits per heavy atom. The molecule has 64 valence electrons. The Kier molecular flexibility index (Phi) is 2.11. The highest BCUT2D eigenvalue weighted by molar-refractivity contribution is 4.78. The number of rotatable bonds is 2. The number of hydrogen-bond donors (Lipinski definition) is 1. The molecule has 1 unspecified atom stereocenters. The molecule has 0 saturated carbocycles. The molecular formula is C8H15NO2.